The summed E-state index contributed by atoms with van der Waals surface area (Å²) >= 11 is 6.11. The predicted octanol–water partition coefficient (Wildman–Crippen LogP) is 4.88. The fourth-order valence-electron chi connectivity index (χ4n) is 3.08. The molecule has 1 aromatic heterocycles. The molecule has 0 bridgehead atoms. The molecule has 3 aromatic rings. The van der Waals surface area contributed by atoms with Crippen molar-refractivity contribution in [3.8, 4) is 0 Å². The molecular formula is C24H25ClN2O2. The first-order chi connectivity index (χ1) is 14.2. The molecule has 2 aromatic carbocycles. The van der Waals surface area contributed by atoms with Gasteiger partial charge in [-0.15, -0.1) is 0 Å². The molecule has 0 unspecified atom stereocenters. The van der Waals surface area contributed by atoms with E-state index in [9.17, 15) is 4.79 Å². The highest BCUT2D eigenvalue weighted by molar-refractivity contribution is 6.30. The fourth-order valence-corrected chi connectivity index (χ4v) is 3.29. The molecule has 150 valence electrons. The van der Waals surface area contributed by atoms with Crippen LogP contribution in [0.4, 0.5) is 0 Å². The zero-order valence-electron chi connectivity index (χ0n) is 16.5. The Bertz CT molecular complexity index is 950. The first-order valence-electron chi connectivity index (χ1n) is 9.55. The zero-order chi connectivity index (χ0) is 20.5. The minimum Gasteiger partial charge on any atom is -0.383 e. The quantitative estimate of drug-likeness (QED) is 0.473. The van der Waals surface area contributed by atoms with Gasteiger partial charge in [-0.2, -0.15) is 0 Å². The van der Waals surface area contributed by atoms with E-state index >= 15 is 0 Å². The molecule has 4 nitrogen and oxygen atoms in total. The topological polar surface area (TPSA) is 34.5 Å². The van der Waals surface area contributed by atoms with Crippen molar-refractivity contribution < 1.29 is 9.53 Å². The number of methoxy groups -OCH3 is 1. The molecule has 29 heavy (non-hydrogen) atoms. The number of benzene rings is 2. The van der Waals surface area contributed by atoms with Crippen molar-refractivity contribution >= 4 is 23.6 Å². The van der Waals surface area contributed by atoms with E-state index in [-0.39, 0.29) is 5.91 Å². The summed E-state index contributed by atoms with van der Waals surface area (Å²) < 4.78 is 7.34. The van der Waals surface area contributed by atoms with Gasteiger partial charge in [-0.1, -0.05) is 54.1 Å². The Morgan fingerprint density at radius 1 is 1.10 bits per heavy atom. The van der Waals surface area contributed by atoms with Crippen molar-refractivity contribution in [2.45, 2.75) is 13.1 Å². The Morgan fingerprint density at radius 3 is 2.69 bits per heavy atom. The number of carbonyl (C=O) groups excluding carboxylic acids is 1. The normalized spacial score (nSPS) is 11.1. The SMILES string of the molecule is COCCN(Cc1cccn1Cc1cccc(Cl)c1)C(=O)/C=C/c1ccccc1. The second-order valence-corrected chi connectivity index (χ2v) is 7.19. The minimum atomic E-state index is -0.0404. The van der Waals surface area contributed by atoms with Crippen molar-refractivity contribution in [1.29, 1.82) is 0 Å². The van der Waals surface area contributed by atoms with Gasteiger partial charge in [-0.25, -0.2) is 0 Å². The maximum absolute atomic E-state index is 12.8. The average Bonchev–Trinajstić information content (AvgIpc) is 3.16. The van der Waals surface area contributed by atoms with Gasteiger partial charge in [-0.05, 0) is 41.5 Å². The summed E-state index contributed by atoms with van der Waals surface area (Å²) in [5.74, 6) is -0.0404. The Kier molecular flexibility index (Phi) is 7.68. The molecular weight excluding hydrogens is 384 g/mol. The van der Waals surface area contributed by atoms with E-state index in [2.05, 4.69) is 4.57 Å². The summed E-state index contributed by atoms with van der Waals surface area (Å²) in [4.78, 5) is 14.6. The van der Waals surface area contributed by atoms with Crippen LogP contribution < -0.4 is 0 Å². The van der Waals surface area contributed by atoms with Crippen LogP contribution in [0, 0.1) is 0 Å². The molecule has 0 aliphatic carbocycles. The van der Waals surface area contributed by atoms with E-state index in [1.54, 1.807) is 18.1 Å². The Balaban J connectivity index is 1.72. The molecule has 0 fully saturated rings. The number of halogens is 1. The molecule has 0 radical (unpaired) electrons. The third-order valence-electron chi connectivity index (χ3n) is 4.61. The molecule has 0 atom stereocenters. The number of rotatable bonds is 9. The maximum atomic E-state index is 12.8. The highest BCUT2D eigenvalue weighted by Gasteiger charge is 2.13. The third-order valence-corrected chi connectivity index (χ3v) is 4.85. The smallest absolute Gasteiger partial charge is 0.247 e. The monoisotopic (exact) mass is 408 g/mol. The van der Waals surface area contributed by atoms with Crippen molar-refractivity contribution in [3.05, 3.63) is 101 Å². The lowest BCUT2D eigenvalue weighted by atomic mass is 10.2. The molecule has 0 saturated carbocycles. The number of nitrogens with zero attached hydrogens (tertiary/aromatic N) is 2. The van der Waals surface area contributed by atoms with E-state index in [4.69, 9.17) is 16.3 Å². The van der Waals surface area contributed by atoms with Gasteiger partial charge in [-0.3, -0.25) is 4.79 Å². The van der Waals surface area contributed by atoms with Gasteiger partial charge in [0.15, 0.2) is 0 Å². The summed E-state index contributed by atoms with van der Waals surface area (Å²) in [6, 6.07) is 21.7. The first kappa shape index (κ1) is 20.9. The fraction of sp³-hybridized carbons (Fsp3) is 0.208. The van der Waals surface area contributed by atoms with Crippen molar-refractivity contribution in [3.63, 3.8) is 0 Å². The van der Waals surface area contributed by atoms with Gasteiger partial charge >= 0.3 is 0 Å². The number of hydrogen-bond acceptors (Lipinski definition) is 2. The largest absolute Gasteiger partial charge is 0.383 e. The Morgan fingerprint density at radius 2 is 1.93 bits per heavy atom. The van der Waals surface area contributed by atoms with Crippen LogP contribution in [-0.2, 0) is 22.6 Å². The summed E-state index contributed by atoms with van der Waals surface area (Å²) in [6.45, 7) is 2.22. The molecule has 1 heterocycles. The van der Waals surface area contributed by atoms with E-state index in [0.29, 0.717) is 26.2 Å². The number of amides is 1. The van der Waals surface area contributed by atoms with E-state index in [1.807, 2.05) is 79.0 Å². The highest BCUT2D eigenvalue weighted by Crippen LogP contribution is 2.15. The highest BCUT2D eigenvalue weighted by atomic mass is 35.5. The molecule has 0 N–H and O–H groups in total. The lowest BCUT2D eigenvalue weighted by molar-refractivity contribution is -0.127. The van der Waals surface area contributed by atoms with Crippen LogP contribution in [0.3, 0.4) is 0 Å². The van der Waals surface area contributed by atoms with Crippen molar-refractivity contribution in [1.82, 2.24) is 9.47 Å². The van der Waals surface area contributed by atoms with Crippen molar-refractivity contribution in [2.75, 3.05) is 20.3 Å². The number of hydrogen-bond donors (Lipinski definition) is 0. The number of aromatic nitrogens is 1. The van der Waals surface area contributed by atoms with Gasteiger partial charge in [0.1, 0.15) is 0 Å². The average molecular weight is 409 g/mol. The van der Waals surface area contributed by atoms with Gasteiger partial charge in [0.25, 0.3) is 0 Å². The summed E-state index contributed by atoms with van der Waals surface area (Å²) in [6.07, 6.45) is 5.48. The standard InChI is InChI=1S/C24H25ClN2O2/c1-29-16-15-27(24(28)13-12-20-7-3-2-4-8-20)19-23-11-6-14-26(23)18-21-9-5-10-22(25)17-21/h2-14,17H,15-16,18-19H2,1H3/b13-12+. The van der Waals surface area contributed by atoms with Crippen LogP contribution in [0.25, 0.3) is 6.08 Å². The Labute approximate surface area is 177 Å². The molecule has 0 spiro atoms. The molecule has 0 aliphatic rings. The molecule has 0 saturated heterocycles. The molecule has 3 rings (SSSR count). The van der Waals surface area contributed by atoms with Crippen LogP contribution in [0.15, 0.2) is 79.0 Å². The van der Waals surface area contributed by atoms with Crippen LogP contribution in [-0.4, -0.2) is 35.6 Å². The van der Waals surface area contributed by atoms with Crippen LogP contribution >= 0.6 is 11.6 Å². The van der Waals surface area contributed by atoms with Gasteiger partial charge in [0, 0.05) is 43.2 Å². The second kappa shape index (κ2) is 10.6. The summed E-state index contributed by atoms with van der Waals surface area (Å²) in [5.41, 5.74) is 3.17. The predicted molar refractivity (Wildman–Crippen MR) is 118 cm³/mol. The summed E-state index contributed by atoms with van der Waals surface area (Å²) in [5, 5.41) is 0.721. The van der Waals surface area contributed by atoms with Gasteiger partial charge in [0.05, 0.1) is 13.2 Å². The zero-order valence-corrected chi connectivity index (χ0v) is 17.3. The van der Waals surface area contributed by atoms with E-state index < -0.39 is 0 Å². The molecule has 5 heteroatoms. The third kappa shape index (κ3) is 6.34. The van der Waals surface area contributed by atoms with Gasteiger partial charge in [0.2, 0.25) is 5.91 Å². The maximum Gasteiger partial charge on any atom is 0.247 e. The van der Waals surface area contributed by atoms with Crippen molar-refractivity contribution in [2.24, 2.45) is 0 Å². The van der Waals surface area contributed by atoms with Crippen LogP contribution in [0.1, 0.15) is 16.8 Å². The summed E-state index contributed by atoms with van der Waals surface area (Å²) in [7, 11) is 1.64. The number of carbonyl (C=O) groups is 1. The van der Waals surface area contributed by atoms with Crippen LogP contribution in [0.5, 0.6) is 0 Å². The van der Waals surface area contributed by atoms with Crippen LogP contribution in [0.2, 0.25) is 5.02 Å². The molecule has 0 aliphatic heterocycles. The number of ether oxygens (including phenoxy) is 1. The second-order valence-electron chi connectivity index (χ2n) is 6.75. The lowest BCUT2D eigenvalue weighted by Gasteiger charge is -2.22. The minimum absolute atomic E-state index is 0.0404. The first-order valence-corrected chi connectivity index (χ1v) is 9.93. The lowest BCUT2D eigenvalue weighted by Crippen LogP contribution is -2.33. The van der Waals surface area contributed by atoms with E-state index in [1.165, 1.54) is 0 Å². The Hall–Kier alpha value is -2.82. The van der Waals surface area contributed by atoms with E-state index in [0.717, 1.165) is 21.8 Å². The molecule has 1 amide bonds. The van der Waals surface area contributed by atoms with Gasteiger partial charge < -0.3 is 14.2 Å².